The number of aromatic nitrogens is 3. The fraction of sp³-hybridized carbons (Fsp3) is 0.526. The molecule has 1 aromatic heterocycles. The standard InChI is InChI=1S/C19H25N5O/c1-23-13-18-22-21-17(12-15-7-9-20-10-8-15)24(18)16(19(23)25)11-14-5-3-2-4-6-14/h2-6,15-16,20H,7-13H2,1H3/t16-/m0/s1. The number of nitrogens with zero attached hydrogens (tertiary/aromatic N) is 4. The van der Waals surface area contributed by atoms with Crippen molar-refractivity contribution in [2.45, 2.75) is 38.3 Å². The van der Waals surface area contributed by atoms with Gasteiger partial charge in [0, 0.05) is 19.9 Å². The van der Waals surface area contributed by atoms with Crippen LogP contribution in [0.2, 0.25) is 0 Å². The van der Waals surface area contributed by atoms with Gasteiger partial charge < -0.3 is 14.8 Å². The van der Waals surface area contributed by atoms with E-state index < -0.39 is 0 Å². The predicted octanol–water partition coefficient (Wildman–Crippen LogP) is 1.58. The van der Waals surface area contributed by atoms with Gasteiger partial charge in [-0.25, -0.2) is 0 Å². The Labute approximate surface area is 148 Å². The predicted molar refractivity (Wildman–Crippen MR) is 95.0 cm³/mol. The minimum Gasteiger partial charge on any atom is -0.336 e. The van der Waals surface area contributed by atoms with E-state index in [0.29, 0.717) is 18.9 Å². The van der Waals surface area contributed by atoms with Crippen LogP contribution in [0.4, 0.5) is 0 Å². The first-order chi connectivity index (χ1) is 12.2. The molecule has 6 nitrogen and oxygen atoms in total. The summed E-state index contributed by atoms with van der Waals surface area (Å²) in [5, 5.41) is 12.3. The quantitative estimate of drug-likeness (QED) is 0.919. The van der Waals surface area contributed by atoms with Crippen molar-refractivity contribution < 1.29 is 4.79 Å². The minimum absolute atomic E-state index is 0.155. The molecule has 1 fully saturated rings. The second kappa shape index (κ2) is 6.96. The summed E-state index contributed by atoms with van der Waals surface area (Å²) in [6, 6.07) is 9.98. The van der Waals surface area contributed by atoms with Gasteiger partial charge in [-0.15, -0.1) is 10.2 Å². The number of hydrogen-bond acceptors (Lipinski definition) is 4. The molecule has 3 heterocycles. The number of fused-ring (bicyclic) bond motifs is 1. The molecule has 2 aliphatic heterocycles. The van der Waals surface area contributed by atoms with Crippen LogP contribution in [-0.2, 0) is 24.2 Å². The molecule has 0 radical (unpaired) electrons. The Kier molecular flexibility index (Phi) is 4.53. The largest absolute Gasteiger partial charge is 0.336 e. The number of piperidine rings is 1. The molecule has 0 saturated carbocycles. The van der Waals surface area contributed by atoms with Crippen molar-refractivity contribution >= 4 is 5.91 Å². The summed E-state index contributed by atoms with van der Waals surface area (Å²) < 4.78 is 2.12. The van der Waals surface area contributed by atoms with Crippen molar-refractivity contribution in [3.63, 3.8) is 0 Å². The molecule has 0 unspecified atom stereocenters. The van der Waals surface area contributed by atoms with E-state index in [1.54, 1.807) is 4.90 Å². The summed E-state index contributed by atoms with van der Waals surface area (Å²) in [5.74, 6) is 2.67. The van der Waals surface area contributed by atoms with Crippen LogP contribution >= 0.6 is 0 Å². The summed E-state index contributed by atoms with van der Waals surface area (Å²) in [6.45, 7) is 2.69. The zero-order valence-corrected chi connectivity index (χ0v) is 14.7. The van der Waals surface area contributed by atoms with Crippen LogP contribution in [-0.4, -0.2) is 45.7 Å². The lowest BCUT2D eigenvalue weighted by Crippen LogP contribution is -2.42. The van der Waals surface area contributed by atoms with Gasteiger partial charge in [-0.05, 0) is 37.4 Å². The van der Waals surface area contributed by atoms with E-state index in [9.17, 15) is 4.79 Å². The number of carbonyl (C=O) groups excluding carboxylic acids is 1. The lowest BCUT2D eigenvalue weighted by Gasteiger charge is -2.32. The lowest BCUT2D eigenvalue weighted by molar-refractivity contribution is -0.136. The number of likely N-dealkylation sites (N-methyl/N-ethyl adjacent to an activating group) is 1. The zero-order chi connectivity index (χ0) is 17.2. The van der Waals surface area contributed by atoms with E-state index in [1.165, 1.54) is 18.4 Å². The number of hydrogen-bond donors (Lipinski definition) is 1. The number of amides is 1. The molecule has 0 bridgehead atoms. The van der Waals surface area contributed by atoms with Crippen LogP contribution in [0.25, 0.3) is 0 Å². The molecule has 2 aliphatic rings. The van der Waals surface area contributed by atoms with Crippen molar-refractivity contribution in [3.05, 3.63) is 47.5 Å². The first-order valence-electron chi connectivity index (χ1n) is 9.14. The van der Waals surface area contributed by atoms with Gasteiger partial charge in [0.05, 0.1) is 6.54 Å². The highest BCUT2D eigenvalue weighted by Gasteiger charge is 2.34. The van der Waals surface area contributed by atoms with Crippen LogP contribution in [0.3, 0.4) is 0 Å². The van der Waals surface area contributed by atoms with Gasteiger partial charge >= 0.3 is 0 Å². The number of carbonyl (C=O) groups is 1. The van der Waals surface area contributed by atoms with Crippen molar-refractivity contribution in [1.29, 1.82) is 0 Å². The number of rotatable bonds is 4. The van der Waals surface area contributed by atoms with Crippen molar-refractivity contribution in [3.8, 4) is 0 Å². The Morgan fingerprint density at radius 1 is 1.12 bits per heavy atom. The molecule has 1 atom stereocenters. The Hall–Kier alpha value is -2.21. The molecule has 0 aliphatic carbocycles. The normalized spacial score (nSPS) is 21.4. The number of benzene rings is 1. The van der Waals surface area contributed by atoms with Crippen LogP contribution in [0.1, 0.15) is 36.1 Å². The number of nitrogens with one attached hydrogen (secondary N) is 1. The Morgan fingerprint density at radius 3 is 2.64 bits per heavy atom. The maximum Gasteiger partial charge on any atom is 0.246 e. The fourth-order valence-corrected chi connectivity index (χ4v) is 3.98. The van der Waals surface area contributed by atoms with Crippen LogP contribution < -0.4 is 5.32 Å². The molecule has 1 saturated heterocycles. The second-order valence-corrected chi connectivity index (χ2v) is 7.20. The first kappa shape index (κ1) is 16.3. The fourth-order valence-electron chi connectivity index (χ4n) is 3.98. The van der Waals surface area contributed by atoms with E-state index >= 15 is 0 Å². The van der Waals surface area contributed by atoms with E-state index in [2.05, 4.69) is 32.2 Å². The van der Waals surface area contributed by atoms with E-state index in [0.717, 1.165) is 31.2 Å². The lowest BCUT2D eigenvalue weighted by atomic mass is 9.94. The SMILES string of the molecule is CN1Cc2nnc(CC3CCNCC3)n2[C@@H](Cc2ccccc2)C1=O. The minimum atomic E-state index is -0.233. The molecule has 25 heavy (non-hydrogen) atoms. The second-order valence-electron chi connectivity index (χ2n) is 7.20. The van der Waals surface area contributed by atoms with Gasteiger partial charge in [0.2, 0.25) is 5.91 Å². The van der Waals surface area contributed by atoms with Gasteiger partial charge in [0.15, 0.2) is 5.82 Å². The van der Waals surface area contributed by atoms with Crippen LogP contribution in [0.5, 0.6) is 0 Å². The smallest absolute Gasteiger partial charge is 0.246 e. The third kappa shape index (κ3) is 3.31. The Morgan fingerprint density at radius 2 is 1.88 bits per heavy atom. The Balaban J connectivity index is 1.63. The molecular formula is C19H25N5O. The highest BCUT2D eigenvalue weighted by atomic mass is 16.2. The van der Waals surface area contributed by atoms with Gasteiger partial charge in [0.25, 0.3) is 0 Å². The average molecular weight is 339 g/mol. The maximum absolute atomic E-state index is 12.9. The first-order valence-corrected chi connectivity index (χ1v) is 9.14. The zero-order valence-electron chi connectivity index (χ0n) is 14.7. The van der Waals surface area contributed by atoms with Gasteiger partial charge in [-0.2, -0.15) is 0 Å². The van der Waals surface area contributed by atoms with Gasteiger partial charge in [0.1, 0.15) is 11.9 Å². The molecule has 2 aromatic rings. The third-order valence-electron chi connectivity index (χ3n) is 5.39. The molecular weight excluding hydrogens is 314 g/mol. The van der Waals surface area contributed by atoms with E-state index in [-0.39, 0.29) is 11.9 Å². The van der Waals surface area contributed by atoms with E-state index in [1.807, 2.05) is 25.2 Å². The molecule has 4 rings (SSSR count). The molecule has 6 heteroatoms. The van der Waals surface area contributed by atoms with E-state index in [4.69, 9.17) is 0 Å². The van der Waals surface area contributed by atoms with Crippen molar-refractivity contribution in [2.24, 2.45) is 5.92 Å². The topological polar surface area (TPSA) is 63.1 Å². The molecule has 1 aromatic carbocycles. The summed E-state index contributed by atoms with van der Waals surface area (Å²) in [7, 11) is 1.85. The van der Waals surface area contributed by atoms with Gasteiger partial charge in [-0.3, -0.25) is 4.79 Å². The average Bonchev–Trinajstić information content (AvgIpc) is 3.03. The highest BCUT2D eigenvalue weighted by molar-refractivity contribution is 5.81. The summed E-state index contributed by atoms with van der Waals surface area (Å²) in [6.07, 6.45) is 3.93. The molecule has 0 spiro atoms. The highest BCUT2D eigenvalue weighted by Crippen LogP contribution is 2.28. The third-order valence-corrected chi connectivity index (χ3v) is 5.39. The Bertz CT molecular complexity index is 736. The van der Waals surface area contributed by atoms with Gasteiger partial charge in [-0.1, -0.05) is 30.3 Å². The summed E-state index contributed by atoms with van der Waals surface area (Å²) in [5.41, 5.74) is 1.17. The maximum atomic E-state index is 12.9. The summed E-state index contributed by atoms with van der Waals surface area (Å²) in [4.78, 5) is 14.6. The summed E-state index contributed by atoms with van der Waals surface area (Å²) >= 11 is 0. The monoisotopic (exact) mass is 339 g/mol. The molecule has 1 N–H and O–H groups in total. The van der Waals surface area contributed by atoms with Crippen molar-refractivity contribution in [2.75, 3.05) is 20.1 Å². The molecule has 132 valence electrons. The van der Waals surface area contributed by atoms with Crippen LogP contribution in [0.15, 0.2) is 30.3 Å². The molecule has 1 amide bonds. The van der Waals surface area contributed by atoms with Crippen LogP contribution in [0, 0.1) is 5.92 Å². The van der Waals surface area contributed by atoms with Crippen molar-refractivity contribution in [1.82, 2.24) is 25.0 Å².